The van der Waals surface area contributed by atoms with E-state index in [2.05, 4.69) is 10.1 Å². The van der Waals surface area contributed by atoms with E-state index in [-0.39, 0.29) is 24.1 Å². The first-order valence-electron chi connectivity index (χ1n) is 5.39. The molecule has 0 spiro atoms. The molecule has 2 rings (SSSR count). The van der Waals surface area contributed by atoms with Gasteiger partial charge in [-0.15, -0.1) is 0 Å². The van der Waals surface area contributed by atoms with E-state index in [9.17, 15) is 9.18 Å². The largest absolute Gasteiger partial charge is 0.459 e. The SMILES string of the molecule is CCOC(=O)c1nc(-c2ccc(F)cc2C)no1. The standard InChI is InChI=1S/C12H11FN2O3/c1-3-17-12(16)11-14-10(15-18-11)9-5-4-8(13)6-7(9)2/h4-6H,3H2,1-2H3. The molecule has 5 nitrogen and oxygen atoms in total. The lowest BCUT2D eigenvalue weighted by Gasteiger charge is -1.99. The van der Waals surface area contributed by atoms with Gasteiger partial charge in [0.2, 0.25) is 5.82 Å². The molecule has 0 radical (unpaired) electrons. The molecule has 0 fully saturated rings. The van der Waals surface area contributed by atoms with Gasteiger partial charge >= 0.3 is 11.9 Å². The quantitative estimate of drug-likeness (QED) is 0.782. The Morgan fingerprint density at radius 3 is 2.94 bits per heavy atom. The Hall–Kier alpha value is -2.24. The Labute approximate surface area is 103 Å². The van der Waals surface area contributed by atoms with Crippen LogP contribution in [-0.4, -0.2) is 22.7 Å². The van der Waals surface area contributed by atoms with Crippen molar-refractivity contribution in [2.45, 2.75) is 13.8 Å². The van der Waals surface area contributed by atoms with E-state index in [0.717, 1.165) is 0 Å². The number of carbonyl (C=O) groups excluding carboxylic acids is 1. The summed E-state index contributed by atoms with van der Waals surface area (Å²) in [5.41, 5.74) is 1.27. The molecule has 1 heterocycles. The van der Waals surface area contributed by atoms with E-state index in [1.807, 2.05) is 0 Å². The maximum Gasteiger partial charge on any atom is 0.397 e. The van der Waals surface area contributed by atoms with Gasteiger partial charge in [0.25, 0.3) is 0 Å². The third-order valence-corrected chi connectivity index (χ3v) is 2.31. The van der Waals surface area contributed by atoms with Gasteiger partial charge in [0.05, 0.1) is 6.61 Å². The van der Waals surface area contributed by atoms with E-state index < -0.39 is 5.97 Å². The van der Waals surface area contributed by atoms with Crippen molar-refractivity contribution in [3.05, 3.63) is 35.5 Å². The lowest BCUT2D eigenvalue weighted by molar-refractivity contribution is 0.0470. The van der Waals surface area contributed by atoms with E-state index in [1.54, 1.807) is 13.8 Å². The van der Waals surface area contributed by atoms with Gasteiger partial charge in [-0.2, -0.15) is 4.98 Å². The molecule has 1 aromatic heterocycles. The number of esters is 1. The molecule has 18 heavy (non-hydrogen) atoms. The highest BCUT2D eigenvalue weighted by atomic mass is 19.1. The van der Waals surface area contributed by atoms with Crippen LogP contribution >= 0.6 is 0 Å². The molecule has 0 aliphatic rings. The van der Waals surface area contributed by atoms with Crippen molar-refractivity contribution in [2.75, 3.05) is 6.61 Å². The second kappa shape index (κ2) is 4.95. The average molecular weight is 250 g/mol. The van der Waals surface area contributed by atoms with Gasteiger partial charge < -0.3 is 9.26 Å². The van der Waals surface area contributed by atoms with Crippen molar-refractivity contribution in [3.8, 4) is 11.4 Å². The fraction of sp³-hybridized carbons (Fsp3) is 0.250. The molecular formula is C12H11FN2O3. The van der Waals surface area contributed by atoms with Crippen LogP contribution in [-0.2, 0) is 4.74 Å². The van der Waals surface area contributed by atoms with Gasteiger partial charge in [-0.05, 0) is 37.6 Å². The molecule has 0 bridgehead atoms. The van der Waals surface area contributed by atoms with Crippen molar-refractivity contribution in [3.63, 3.8) is 0 Å². The predicted octanol–water partition coefficient (Wildman–Crippen LogP) is 2.36. The molecule has 0 amide bonds. The van der Waals surface area contributed by atoms with E-state index in [1.165, 1.54) is 18.2 Å². The summed E-state index contributed by atoms with van der Waals surface area (Å²) in [6, 6.07) is 4.18. The molecule has 1 aromatic carbocycles. The van der Waals surface area contributed by atoms with Crippen molar-refractivity contribution < 1.29 is 18.4 Å². The lowest BCUT2D eigenvalue weighted by Crippen LogP contribution is -2.04. The zero-order valence-corrected chi connectivity index (χ0v) is 9.94. The summed E-state index contributed by atoms with van der Waals surface area (Å²) in [7, 11) is 0. The van der Waals surface area contributed by atoms with Crippen LogP contribution in [0.1, 0.15) is 23.2 Å². The van der Waals surface area contributed by atoms with E-state index >= 15 is 0 Å². The van der Waals surface area contributed by atoms with Gasteiger partial charge in [-0.1, -0.05) is 5.16 Å². The minimum atomic E-state index is -0.670. The van der Waals surface area contributed by atoms with Gasteiger partial charge in [-0.25, -0.2) is 9.18 Å². The van der Waals surface area contributed by atoms with Crippen LogP contribution in [0.25, 0.3) is 11.4 Å². The van der Waals surface area contributed by atoms with E-state index in [0.29, 0.717) is 11.1 Å². The molecular weight excluding hydrogens is 239 g/mol. The monoisotopic (exact) mass is 250 g/mol. The number of benzene rings is 1. The maximum absolute atomic E-state index is 13.0. The van der Waals surface area contributed by atoms with Gasteiger partial charge in [0.15, 0.2) is 0 Å². The maximum atomic E-state index is 13.0. The summed E-state index contributed by atoms with van der Waals surface area (Å²) in [5.74, 6) is -0.993. The molecule has 2 aromatic rings. The Bertz CT molecular complexity index is 580. The van der Waals surface area contributed by atoms with Gasteiger partial charge in [-0.3, -0.25) is 0 Å². The first-order chi connectivity index (χ1) is 8.61. The van der Waals surface area contributed by atoms with Crippen molar-refractivity contribution in [1.29, 1.82) is 0 Å². The number of ether oxygens (including phenoxy) is 1. The molecule has 0 saturated heterocycles. The summed E-state index contributed by atoms with van der Waals surface area (Å²) in [4.78, 5) is 15.3. The summed E-state index contributed by atoms with van der Waals surface area (Å²) >= 11 is 0. The Morgan fingerprint density at radius 2 is 2.28 bits per heavy atom. The van der Waals surface area contributed by atoms with Crippen LogP contribution < -0.4 is 0 Å². The summed E-state index contributed by atoms with van der Waals surface area (Å²) in [5, 5.41) is 3.67. The summed E-state index contributed by atoms with van der Waals surface area (Å²) in [6.45, 7) is 3.63. The molecule has 0 saturated carbocycles. The highest BCUT2D eigenvalue weighted by Gasteiger charge is 2.18. The third kappa shape index (κ3) is 2.37. The summed E-state index contributed by atoms with van der Waals surface area (Å²) < 4.78 is 22.5. The number of aryl methyl sites for hydroxylation is 1. The number of hydrogen-bond acceptors (Lipinski definition) is 5. The molecule has 6 heteroatoms. The lowest BCUT2D eigenvalue weighted by atomic mass is 10.1. The number of hydrogen-bond donors (Lipinski definition) is 0. The molecule has 94 valence electrons. The minimum absolute atomic E-state index is 0.212. The predicted molar refractivity (Wildman–Crippen MR) is 60.4 cm³/mol. The van der Waals surface area contributed by atoms with Crippen molar-refractivity contribution in [1.82, 2.24) is 10.1 Å². The first kappa shape index (κ1) is 12.2. The third-order valence-electron chi connectivity index (χ3n) is 2.31. The molecule has 0 atom stereocenters. The second-order valence-electron chi connectivity index (χ2n) is 3.60. The molecule has 0 aliphatic heterocycles. The second-order valence-corrected chi connectivity index (χ2v) is 3.60. The Morgan fingerprint density at radius 1 is 1.50 bits per heavy atom. The fourth-order valence-electron chi connectivity index (χ4n) is 1.49. The van der Waals surface area contributed by atoms with E-state index in [4.69, 9.17) is 9.26 Å². The Balaban J connectivity index is 2.32. The molecule has 0 unspecified atom stereocenters. The first-order valence-corrected chi connectivity index (χ1v) is 5.39. The number of carbonyl (C=O) groups is 1. The van der Waals surface area contributed by atoms with Gasteiger partial charge in [0.1, 0.15) is 5.82 Å². The molecule has 0 N–H and O–H groups in total. The van der Waals surface area contributed by atoms with Crippen LogP contribution in [0.3, 0.4) is 0 Å². The van der Waals surface area contributed by atoms with Crippen LogP contribution in [0, 0.1) is 12.7 Å². The minimum Gasteiger partial charge on any atom is -0.459 e. The van der Waals surface area contributed by atoms with Crippen LogP contribution in [0.5, 0.6) is 0 Å². The number of nitrogens with zero attached hydrogens (tertiary/aromatic N) is 2. The zero-order valence-electron chi connectivity index (χ0n) is 9.94. The van der Waals surface area contributed by atoms with Crippen molar-refractivity contribution >= 4 is 5.97 Å². The smallest absolute Gasteiger partial charge is 0.397 e. The fourth-order valence-corrected chi connectivity index (χ4v) is 1.49. The Kier molecular flexibility index (Phi) is 3.36. The normalized spacial score (nSPS) is 10.4. The van der Waals surface area contributed by atoms with Crippen LogP contribution in [0.2, 0.25) is 0 Å². The number of halogens is 1. The average Bonchev–Trinajstić information content (AvgIpc) is 2.78. The highest BCUT2D eigenvalue weighted by Crippen LogP contribution is 2.21. The highest BCUT2D eigenvalue weighted by molar-refractivity contribution is 5.84. The summed E-state index contributed by atoms with van der Waals surface area (Å²) in [6.07, 6.45) is 0. The van der Waals surface area contributed by atoms with Crippen molar-refractivity contribution in [2.24, 2.45) is 0 Å². The topological polar surface area (TPSA) is 65.2 Å². The van der Waals surface area contributed by atoms with Crippen LogP contribution in [0.4, 0.5) is 4.39 Å². The molecule has 0 aliphatic carbocycles. The number of rotatable bonds is 3. The van der Waals surface area contributed by atoms with Gasteiger partial charge in [0, 0.05) is 5.56 Å². The van der Waals surface area contributed by atoms with Crippen LogP contribution in [0.15, 0.2) is 22.7 Å². The number of aromatic nitrogens is 2. The zero-order chi connectivity index (χ0) is 13.1.